The summed E-state index contributed by atoms with van der Waals surface area (Å²) in [6, 6.07) is 9.57. The van der Waals surface area contributed by atoms with E-state index in [4.69, 9.17) is 4.74 Å². The maximum Gasteiger partial charge on any atom is 0.311 e. The molecule has 2 N–H and O–H groups in total. The van der Waals surface area contributed by atoms with Crippen LogP contribution in [0.5, 0.6) is 0 Å². The molecule has 1 aliphatic heterocycles. The smallest absolute Gasteiger partial charge is 0.311 e. The molecule has 9 nitrogen and oxygen atoms in total. The van der Waals surface area contributed by atoms with E-state index >= 15 is 0 Å². The maximum atomic E-state index is 11.2. The molecule has 0 saturated carbocycles. The van der Waals surface area contributed by atoms with E-state index in [9.17, 15) is 9.90 Å². The molecule has 162 valence electrons. The van der Waals surface area contributed by atoms with Crippen LogP contribution in [0.1, 0.15) is 26.7 Å². The van der Waals surface area contributed by atoms with Gasteiger partial charge in [-0.05, 0) is 51.0 Å². The Bertz CT molecular complexity index is 1010. The van der Waals surface area contributed by atoms with Crippen LogP contribution in [0.2, 0.25) is 0 Å². The van der Waals surface area contributed by atoms with E-state index in [0.717, 1.165) is 43.0 Å². The molecule has 3 aromatic rings. The zero-order chi connectivity index (χ0) is 21.8. The fraction of sp³-hybridized carbons (Fsp3) is 0.409. The van der Waals surface area contributed by atoms with Gasteiger partial charge in [0.05, 0.1) is 18.1 Å². The Morgan fingerprint density at radius 1 is 1.23 bits per heavy atom. The molecule has 1 aliphatic rings. The van der Waals surface area contributed by atoms with Gasteiger partial charge in [-0.25, -0.2) is 9.97 Å². The topological polar surface area (TPSA) is 117 Å². The number of piperidine rings is 1. The summed E-state index contributed by atoms with van der Waals surface area (Å²) < 4.78 is 5.86. The predicted molar refractivity (Wildman–Crippen MR) is 115 cm³/mol. The summed E-state index contributed by atoms with van der Waals surface area (Å²) in [5.41, 5.74) is 0.699. The van der Waals surface area contributed by atoms with Crippen LogP contribution in [0.15, 0.2) is 42.7 Å². The summed E-state index contributed by atoms with van der Waals surface area (Å²) in [7, 11) is 0. The van der Waals surface area contributed by atoms with Gasteiger partial charge in [-0.1, -0.05) is 6.07 Å². The van der Waals surface area contributed by atoms with Crippen LogP contribution < -0.4 is 4.90 Å². The van der Waals surface area contributed by atoms with Crippen LogP contribution in [-0.2, 0) is 9.53 Å². The molecule has 9 heteroatoms. The SMILES string of the molecule is CC(C)(COC1CCN(c2ccc(-c3n[nH]c(-c4ccccn4)n3)cn2)CC1)C(=O)O. The van der Waals surface area contributed by atoms with Gasteiger partial charge < -0.3 is 14.7 Å². The van der Waals surface area contributed by atoms with Gasteiger partial charge in [-0.2, -0.15) is 5.10 Å². The highest BCUT2D eigenvalue weighted by Gasteiger charge is 2.30. The Kier molecular flexibility index (Phi) is 5.94. The molecule has 0 bridgehead atoms. The van der Waals surface area contributed by atoms with E-state index < -0.39 is 11.4 Å². The number of hydrogen-bond acceptors (Lipinski definition) is 7. The minimum Gasteiger partial charge on any atom is -0.481 e. The zero-order valence-electron chi connectivity index (χ0n) is 17.7. The van der Waals surface area contributed by atoms with Gasteiger partial charge in [-0.15, -0.1) is 0 Å². The number of H-pyrrole nitrogens is 1. The highest BCUT2D eigenvalue weighted by molar-refractivity contribution is 5.73. The summed E-state index contributed by atoms with van der Waals surface area (Å²) in [5, 5.41) is 16.4. The highest BCUT2D eigenvalue weighted by Crippen LogP contribution is 2.24. The number of ether oxygens (including phenoxy) is 1. The summed E-state index contributed by atoms with van der Waals surface area (Å²) >= 11 is 0. The van der Waals surface area contributed by atoms with Crippen molar-refractivity contribution < 1.29 is 14.6 Å². The number of carboxylic acids is 1. The third-order valence-electron chi connectivity index (χ3n) is 5.42. The number of nitrogens with one attached hydrogen (secondary N) is 1. The Balaban J connectivity index is 1.33. The molecule has 0 spiro atoms. The molecule has 3 aromatic heterocycles. The fourth-order valence-electron chi connectivity index (χ4n) is 3.35. The van der Waals surface area contributed by atoms with Crippen LogP contribution in [0, 0.1) is 5.41 Å². The second-order valence-corrected chi connectivity index (χ2v) is 8.31. The van der Waals surface area contributed by atoms with Crippen molar-refractivity contribution in [1.82, 2.24) is 25.1 Å². The monoisotopic (exact) mass is 422 g/mol. The maximum absolute atomic E-state index is 11.2. The van der Waals surface area contributed by atoms with Crippen molar-refractivity contribution in [2.45, 2.75) is 32.8 Å². The second kappa shape index (κ2) is 8.81. The number of carboxylic acid groups (broad SMARTS) is 1. The van der Waals surface area contributed by atoms with Crippen molar-refractivity contribution in [3.05, 3.63) is 42.7 Å². The largest absolute Gasteiger partial charge is 0.481 e. The van der Waals surface area contributed by atoms with Crippen LogP contribution in [0.3, 0.4) is 0 Å². The molecular weight excluding hydrogens is 396 g/mol. The lowest BCUT2D eigenvalue weighted by Crippen LogP contribution is -2.39. The molecular formula is C22H26N6O3. The van der Waals surface area contributed by atoms with Gasteiger partial charge in [0.2, 0.25) is 0 Å². The third kappa shape index (κ3) is 4.88. The molecule has 0 atom stereocenters. The lowest BCUT2D eigenvalue weighted by Gasteiger charge is -2.34. The van der Waals surface area contributed by atoms with Crippen molar-refractivity contribution in [2.75, 3.05) is 24.6 Å². The average Bonchev–Trinajstić information content (AvgIpc) is 3.29. The first kappa shape index (κ1) is 20.9. The first-order valence-corrected chi connectivity index (χ1v) is 10.3. The Labute approximate surface area is 180 Å². The van der Waals surface area contributed by atoms with E-state index in [1.54, 1.807) is 26.2 Å². The first-order chi connectivity index (χ1) is 14.9. The van der Waals surface area contributed by atoms with Gasteiger partial charge in [-0.3, -0.25) is 14.9 Å². The van der Waals surface area contributed by atoms with Gasteiger partial charge in [0.1, 0.15) is 11.5 Å². The average molecular weight is 422 g/mol. The first-order valence-electron chi connectivity index (χ1n) is 10.3. The number of pyridine rings is 2. The van der Waals surface area contributed by atoms with Gasteiger partial charge in [0, 0.05) is 31.0 Å². The number of hydrogen-bond donors (Lipinski definition) is 2. The quantitative estimate of drug-likeness (QED) is 0.597. The predicted octanol–water partition coefficient (Wildman–Crippen LogP) is 3.02. The number of carbonyl (C=O) groups is 1. The van der Waals surface area contributed by atoms with Crippen molar-refractivity contribution in [3.63, 3.8) is 0 Å². The summed E-state index contributed by atoms with van der Waals surface area (Å²) in [5.74, 6) is 1.25. The minimum absolute atomic E-state index is 0.0763. The summed E-state index contributed by atoms with van der Waals surface area (Å²) in [6.45, 7) is 5.22. The third-order valence-corrected chi connectivity index (χ3v) is 5.42. The van der Waals surface area contributed by atoms with Gasteiger partial charge in [0.25, 0.3) is 0 Å². The van der Waals surface area contributed by atoms with Crippen LogP contribution in [0.25, 0.3) is 22.9 Å². The molecule has 0 amide bonds. The number of aromatic amines is 1. The molecule has 4 rings (SSSR count). The standard InChI is InChI=1S/C22H26N6O3/c1-22(2,21(29)30)14-31-16-8-11-28(12-9-16)18-7-6-15(13-24-18)19-25-20(27-26-19)17-5-3-4-10-23-17/h3-7,10,13,16H,8-9,11-12,14H2,1-2H3,(H,29,30)(H,25,26,27). The van der Waals surface area contributed by atoms with Crippen LogP contribution in [-0.4, -0.2) is 62.0 Å². The molecule has 1 fully saturated rings. The summed E-state index contributed by atoms with van der Waals surface area (Å²) in [6.07, 6.45) is 5.25. The van der Waals surface area contributed by atoms with Crippen LogP contribution in [0.4, 0.5) is 5.82 Å². The fourth-order valence-corrected chi connectivity index (χ4v) is 3.35. The summed E-state index contributed by atoms with van der Waals surface area (Å²) in [4.78, 5) is 26.8. The number of nitrogens with zero attached hydrogens (tertiary/aromatic N) is 5. The van der Waals surface area contributed by atoms with E-state index in [-0.39, 0.29) is 12.7 Å². The normalized spacial score (nSPS) is 15.2. The number of aliphatic carboxylic acids is 1. The molecule has 4 heterocycles. The second-order valence-electron chi connectivity index (χ2n) is 8.31. The molecule has 1 saturated heterocycles. The van der Waals surface area contributed by atoms with E-state index in [0.29, 0.717) is 11.6 Å². The Morgan fingerprint density at radius 3 is 2.68 bits per heavy atom. The molecule has 0 aliphatic carbocycles. The number of rotatable bonds is 7. The minimum atomic E-state index is -0.870. The number of anilines is 1. The van der Waals surface area contributed by atoms with Gasteiger partial charge >= 0.3 is 5.97 Å². The zero-order valence-corrected chi connectivity index (χ0v) is 17.7. The molecule has 0 unspecified atom stereocenters. The van der Waals surface area contributed by atoms with E-state index in [2.05, 4.69) is 30.0 Å². The highest BCUT2D eigenvalue weighted by atomic mass is 16.5. The van der Waals surface area contributed by atoms with Crippen molar-refractivity contribution in [3.8, 4) is 22.9 Å². The van der Waals surface area contributed by atoms with E-state index in [1.807, 2.05) is 30.3 Å². The van der Waals surface area contributed by atoms with Crippen LogP contribution >= 0.6 is 0 Å². The van der Waals surface area contributed by atoms with Crippen molar-refractivity contribution >= 4 is 11.8 Å². The molecule has 0 radical (unpaired) electrons. The van der Waals surface area contributed by atoms with Crippen molar-refractivity contribution in [2.24, 2.45) is 5.41 Å². The number of aromatic nitrogens is 5. The van der Waals surface area contributed by atoms with E-state index in [1.165, 1.54) is 0 Å². The van der Waals surface area contributed by atoms with Crippen molar-refractivity contribution in [1.29, 1.82) is 0 Å². The lowest BCUT2D eigenvalue weighted by molar-refractivity contribution is -0.152. The van der Waals surface area contributed by atoms with Gasteiger partial charge in [0.15, 0.2) is 11.6 Å². The molecule has 31 heavy (non-hydrogen) atoms. The Morgan fingerprint density at radius 2 is 2.03 bits per heavy atom. The Hall–Kier alpha value is -3.33. The lowest BCUT2D eigenvalue weighted by atomic mass is 9.95. The molecule has 0 aromatic carbocycles.